The molecule has 0 aliphatic carbocycles. The molecular weight excluding hydrogens is 212 g/mol. The van der Waals surface area contributed by atoms with E-state index in [1.165, 1.54) is 0 Å². The van der Waals surface area contributed by atoms with Gasteiger partial charge in [0.2, 0.25) is 5.78 Å². The van der Waals surface area contributed by atoms with Crippen LogP contribution in [0.1, 0.15) is 16.1 Å². The van der Waals surface area contributed by atoms with E-state index < -0.39 is 0 Å². The van der Waals surface area contributed by atoms with Crippen LogP contribution in [0, 0.1) is 0 Å². The summed E-state index contributed by atoms with van der Waals surface area (Å²) in [5, 5.41) is 5.35. The quantitative estimate of drug-likeness (QED) is 0.740. The Labute approximate surface area is 90.7 Å². The van der Waals surface area contributed by atoms with E-state index in [1.807, 2.05) is 0 Å². The second-order valence-corrected chi connectivity index (χ2v) is 3.46. The molecule has 0 amide bonds. The van der Waals surface area contributed by atoms with Crippen LogP contribution in [0.25, 0.3) is 0 Å². The Kier molecular flexibility index (Phi) is 2.73. The number of hydrogen-bond donors (Lipinski definition) is 0. The lowest BCUT2D eigenvalue weighted by molar-refractivity contribution is 0.103. The second-order valence-electron chi connectivity index (χ2n) is 2.85. The van der Waals surface area contributed by atoms with E-state index in [2.05, 4.69) is 9.59 Å². The fourth-order valence-corrected chi connectivity index (χ4v) is 1.61. The molecule has 1 aromatic carbocycles. The Morgan fingerprint density at radius 3 is 3.00 bits per heavy atom. The molecule has 0 unspecified atom stereocenters. The van der Waals surface area contributed by atoms with Gasteiger partial charge in [0.1, 0.15) is 11.4 Å². The normalized spacial score (nSPS) is 9.93. The number of aromatic nitrogens is 2. The minimum Gasteiger partial charge on any atom is -0.497 e. The van der Waals surface area contributed by atoms with E-state index in [4.69, 9.17) is 4.74 Å². The number of methoxy groups -OCH3 is 1. The first-order chi connectivity index (χ1) is 7.31. The molecule has 2 rings (SSSR count). The average molecular weight is 220 g/mol. The number of rotatable bonds is 3. The third-order valence-corrected chi connectivity index (χ3v) is 2.43. The number of carbonyl (C=O) groups excluding carboxylic acids is 1. The van der Waals surface area contributed by atoms with Gasteiger partial charge in [-0.3, -0.25) is 4.79 Å². The number of ketones is 1. The van der Waals surface area contributed by atoms with E-state index in [1.54, 1.807) is 36.8 Å². The Balaban J connectivity index is 2.34. The van der Waals surface area contributed by atoms with Crippen LogP contribution in [-0.4, -0.2) is 22.5 Å². The van der Waals surface area contributed by atoms with Crippen molar-refractivity contribution in [1.29, 1.82) is 0 Å². The molecule has 1 aromatic heterocycles. The van der Waals surface area contributed by atoms with Gasteiger partial charge < -0.3 is 4.74 Å². The van der Waals surface area contributed by atoms with Crippen LogP contribution in [0.2, 0.25) is 0 Å². The maximum Gasteiger partial charge on any atom is 0.214 e. The molecule has 0 radical (unpaired) electrons. The van der Waals surface area contributed by atoms with Gasteiger partial charge in [0.15, 0.2) is 0 Å². The largest absolute Gasteiger partial charge is 0.497 e. The molecule has 0 bridgehead atoms. The van der Waals surface area contributed by atoms with E-state index in [-0.39, 0.29) is 5.78 Å². The van der Waals surface area contributed by atoms with Gasteiger partial charge in [-0.1, -0.05) is 16.6 Å². The highest BCUT2D eigenvalue weighted by molar-refractivity contribution is 7.03. The fourth-order valence-electron chi connectivity index (χ4n) is 1.18. The number of benzene rings is 1. The van der Waals surface area contributed by atoms with Crippen molar-refractivity contribution < 1.29 is 9.53 Å². The predicted octanol–water partition coefficient (Wildman–Crippen LogP) is 1.78. The van der Waals surface area contributed by atoms with Crippen molar-refractivity contribution >= 4 is 17.3 Å². The van der Waals surface area contributed by atoms with Gasteiger partial charge >= 0.3 is 0 Å². The predicted molar refractivity (Wildman–Crippen MR) is 56.3 cm³/mol. The molecule has 76 valence electrons. The second kappa shape index (κ2) is 4.18. The molecule has 0 saturated heterocycles. The van der Waals surface area contributed by atoms with Gasteiger partial charge in [-0.15, -0.1) is 5.10 Å². The molecule has 0 N–H and O–H groups in total. The summed E-state index contributed by atoms with van der Waals surface area (Å²) >= 11 is 1.16. The molecule has 0 saturated carbocycles. The number of carbonyl (C=O) groups is 1. The van der Waals surface area contributed by atoms with Crippen molar-refractivity contribution in [3.63, 3.8) is 0 Å². The van der Waals surface area contributed by atoms with Crippen molar-refractivity contribution in [3.8, 4) is 5.75 Å². The van der Waals surface area contributed by atoms with Crippen molar-refractivity contribution in [2.24, 2.45) is 0 Å². The van der Waals surface area contributed by atoms with Crippen LogP contribution in [0.3, 0.4) is 0 Å². The van der Waals surface area contributed by atoms with Crippen LogP contribution in [0.15, 0.2) is 29.6 Å². The molecule has 1 heterocycles. The number of nitrogens with zero attached hydrogens (tertiary/aromatic N) is 2. The highest BCUT2D eigenvalue weighted by atomic mass is 32.1. The summed E-state index contributed by atoms with van der Waals surface area (Å²) in [6.07, 6.45) is 0. The molecule has 0 aliphatic heterocycles. The van der Waals surface area contributed by atoms with Crippen LogP contribution in [0.4, 0.5) is 0 Å². The van der Waals surface area contributed by atoms with Crippen molar-refractivity contribution in [1.82, 2.24) is 9.59 Å². The smallest absolute Gasteiger partial charge is 0.214 e. The highest BCUT2D eigenvalue weighted by Gasteiger charge is 2.12. The Hall–Kier alpha value is -1.75. The van der Waals surface area contributed by atoms with E-state index in [0.717, 1.165) is 11.5 Å². The fraction of sp³-hybridized carbons (Fsp3) is 0.100. The van der Waals surface area contributed by atoms with E-state index in [9.17, 15) is 4.79 Å². The summed E-state index contributed by atoms with van der Waals surface area (Å²) in [6, 6.07) is 6.97. The van der Waals surface area contributed by atoms with Gasteiger partial charge in [-0.25, -0.2) is 0 Å². The summed E-state index contributed by atoms with van der Waals surface area (Å²) in [7, 11) is 1.56. The lowest BCUT2D eigenvalue weighted by Gasteiger charge is -2.01. The summed E-state index contributed by atoms with van der Waals surface area (Å²) in [6.45, 7) is 0. The van der Waals surface area contributed by atoms with Gasteiger partial charge in [0.25, 0.3) is 0 Å². The molecule has 0 aliphatic rings. The van der Waals surface area contributed by atoms with E-state index >= 15 is 0 Å². The SMILES string of the molecule is COc1cccc(C(=O)c2csnn2)c1. The maximum atomic E-state index is 11.8. The Bertz CT molecular complexity index is 468. The van der Waals surface area contributed by atoms with Crippen molar-refractivity contribution in [2.45, 2.75) is 0 Å². The Morgan fingerprint density at radius 2 is 2.33 bits per heavy atom. The molecule has 0 spiro atoms. The molecular formula is C10H8N2O2S. The van der Waals surface area contributed by atoms with E-state index in [0.29, 0.717) is 17.0 Å². The first-order valence-electron chi connectivity index (χ1n) is 4.27. The molecule has 2 aromatic rings. The van der Waals surface area contributed by atoms with Crippen LogP contribution < -0.4 is 4.74 Å². The molecule has 0 fully saturated rings. The minimum atomic E-state index is -0.136. The lowest BCUT2D eigenvalue weighted by Crippen LogP contribution is -2.01. The lowest BCUT2D eigenvalue weighted by atomic mass is 10.1. The summed E-state index contributed by atoms with van der Waals surface area (Å²) in [5.74, 6) is 0.520. The first-order valence-corrected chi connectivity index (χ1v) is 5.10. The third kappa shape index (κ3) is 2.02. The van der Waals surface area contributed by atoms with Crippen LogP contribution >= 0.6 is 11.5 Å². The molecule has 15 heavy (non-hydrogen) atoms. The number of ether oxygens (including phenoxy) is 1. The number of hydrogen-bond acceptors (Lipinski definition) is 5. The van der Waals surface area contributed by atoms with Gasteiger partial charge in [0, 0.05) is 10.9 Å². The van der Waals surface area contributed by atoms with Gasteiger partial charge in [-0.05, 0) is 23.7 Å². The first kappa shape index (κ1) is 9.79. The maximum absolute atomic E-state index is 11.8. The third-order valence-electron chi connectivity index (χ3n) is 1.92. The monoisotopic (exact) mass is 220 g/mol. The van der Waals surface area contributed by atoms with Crippen molar-refractivity contribution in [2.75, 3.05) is 7.11 Å². The van der Waals surface area contributed by atoms with Gasteiger partial charge in [-0.2, -0.15) is 0 Å². The molecule has 4 nitrogen and oxygen atoms in total. The minimum absolute atomic E-state index is 0.136. The zero-order valence-corrected chi connectivity index (χ0v) is 8.82. The van der Waals surface area contributed by atoms with Crippen LogP contribution in [0.5, 0.6) is 5.75 Å². The molecule has 5 heteroatoms. The average Bonchev–Trinajstić information content (AvgIpc) is 2.81. The summed E-state index contributed by atoms with van der Waals surface area (Å²) in [4.78, 5) is 11.8. The summed E-state index contributed by atoms with van der Waals surface area (Å²) in [5.41, 5.74) is 0.926. The van der Waals surface area contributed by atoms with Gasteiger partial charge in [0.05, 0.1) is 7.11 Å². The summed E-state index contributed by atoms with van der Waals surface area (Å²) < 4.78 is 8.69. The van der Waals surface area contributed by atoms with Crippen molar-refractivity contribution in [3.05, 3.63) is 40.9 Å². The zero-order chi connectivity index (χ0) is 10.7. The topological polar surface area (TPSA) is 52.1 Å². The standard InChI is InChI=1S/C10H8N2O2S/c1-14-8-4-2-3-7(5-8)10(13)9-6-15-12-11-9/h2-6H,1H3. The zero-order valence-electron chi connectivity index (χ0n) is 8.01. The molecule has 0 atom stereocenters. The highest BCUT2D eigenvalue weighted by Crippen LogP contribution is 2.15. The Morgan fingerprint density at radius 1 is 1.47 bits per heavy atom. The van der Waals surface area contributed by atoms with Crippen LogP contribution in [-0.2, 0) is 0 Å².